The first-order valence-corrected chi connectivity index (χ1v) is 4.51. The number of carbonyl (C=O) groups is 2. The number of nitrogens with zero attached hydrogens (tertiary/aromatic N) is 1. The summed E-state index contributed by atoms with van der Waals surface area (Å²) in [4.78, 5) is 31.7. The number of hydrogen-bond acceptors (Lipinski definition) is 4. The average Bonchev–Trinajstić information content (AvgIpc) is 2.25. The number of carboxylic acid groups (broad SMARTS) is 1. The van der Waals surface area contributed by atoms with Crippen molar-refractivity contribution in [3.8, 4) is 0 Å². The zero-order valence-electron chi connectivity index (χ0n) is 8.25. The summed E-state index contributed by atoms with van der Waals surface area (Å²) in [5, 5.41) is 19.0. The Kier molecular flexibility index (Phi) is 3.71. The van der Waals surface area contributed by atoms with E-state index in [0.29, 0.717) is 0 Å². The van der Waals surface area contributed by atoms with Gasteiger partial charge < -0.3 is 5.11 Å². The lowest BCUT2D eigenvalue weighted by molar-refractivity contribution is -0.385. The number of para-hydroxylation sites is 1. The maximum atomic E-state index is 11.5. The molecule has 0 saturated heterocycles. The zero-order chi connectivity index (χ0) is 12.1. The highest BCUT2D eigenvalue weighted by Crippen LogP contribution is 2.19. The molecule has 0 radical (unpaired) electrons. The van der Waals surface area contributed by atoms with Gasteiger partial charge in [-0.1, -0.05) is 12.1 Å². The Labute approximate surface area is 90.7 Å². The SMILES string of the molecule is O=C(O)CCC(=O)c1ccccc1[N+](=O)[O-]. The quantitative estimate of drug-likeness (QED) is 0.464. The third-order valence-corrected chi connectivity index (χ3v) is 1.97. The van der Waals surface area contributed by atoms with Crippen molar-refractivity contribution in [3.63, 3.8) is 0 Å². The molecular formula is C10H9NO5. The molecule has 0 atom stereocenters. The molecule has 0 saturated carbocycles. The monoisotopic (exact) mass is 223 g/mol. The number of ketones is 1. The molecule has 0 spiro atoms. The maximum Gasteiger partial charge on any atom is 0.303 e. The van der Waals surface area contributed by atoms with Gasteiger partial charge in [0.25, 0.3) is 5.69 Å². The van der Waals surface area contributed by atoms with Crippen molar-refractivity contribution in [1.82, 2.24) is 0 Å². The minimum absolute atomic E-state index is 0.0475. The van der Waals surface area contributed by atoms with E-state index < -0.39 is 16.7 Å². The molecule has 1 N–H and O–H groups in total. The number of Topliss-reactive ketones (excluding diaryl/α,β-unsaturated/α-hetero) is 1. The second-order valence-corrected chi connectivity index (χ2v) is 3.09. The van der Waals surface area contributed by atoms with Crippen LogP contribution in [0.5, 0.6) is 0 Å². The Hall–Kier alpha value is -2.24. The van der Waals surface area contributed by atoms with Gasteiger partial charge in [0.2, 0.25) is 0 Å². The fourth-order valence-electron chi connectivity index (χ4n) is 1.22. The Bertz CT molecular complexity index is 441. The van der Waals surface area contributed by atoms with Gasteiger partial charge in [-0.05, 0) is 6.07 Å². The van der Waals surface area contributed by atoms with Gasteiger partial charge in [0.15, 0.2) is 5.78 Å². The van der Waals surface area contributed by atoms with Crippen molar-refractivity contribution in [2.45, 2.75) is 12.8 Å². The fraction of sp³-hybridized carbons (Fsp3) is 0.200. The molecule has 0 aromatic heterocycles. The van der Waals surface area contributed by atoms with Gasteiger partial charge in [-0.2, -0.15) is 0 Å². The van der Waals surface area contributed by atoms with Crippen molar-refractivity contribution < 1.29 is 19.6 Å². The van der Waals surface area contributed by atoms with Crippen LogP contribution in [0.3, 0.4) is 0 Å². The lowest BCUT2D eigenvalue weighted by atomic mass is 10.0. The van der Waals surface area contributed by atoms with E-state index in [2.05, 4.69) is 0 Å². The lowest BCUT2D eigenvalue weighted by Gasteiger charge is -2.00. The molecule has 0 aliphatic heterocycles. The normalized spacial score (nSPS) is 9.75. The molecule has 0 aliphatic rings. The molecule has 1 aromatic rings. The van der Waals surface area contributed by atoms with E-state index in [1.54, 1.807) is 0 Å². The number of hydrogen-bond donors (Lipinski definition) is 1. The molecule has 0 unspecified atom stereocenters. The molecule has 1 rings (SSSR count). The van der Waals surface area contributed by atoms with Crippen LogP contribution in [0, 0.1) is 10.1 Å². The van der Waals surface area contributed by atoms with E-state index in [0.717, 1.165) is 0 Å². The molecule has 0 amide bonds. The first kappa shape index (κ1) is 11.8. The Balaban J connectivity index is 2.90. The van der Waals surface area contributed by atoms with E-state index in [1.807, 2.05) is 0 Å². The number of nitro groups is 1. The Morgan fingerprint density at radius 3 is 2.44 bits per heavy atom. The molecule has 0 fully saturated rings. The van der Waals surface area contributed by atoms with Gasteiger partial charge in [0, 0.05) is 12.5 Å². The van der Waals surface area contributed by atoms with Crippen LogP contribution in [0.1, 0.15) is 23.2 Å². The number of benzene rings is 1. The highest BCUT2D eigenvalue weighted by atomic mass is 16.6. The van der Waals surface area contributed by atoms with Crippen molar-refractivity contribution in [1.29, 1.82) is 0 Å². The predicted octanol–water partition coefficient (Wildman–Crippen LogP) is 1.64. The van der Waals surface area contributed by atoms with Crippen molar-refractivity contribution in [2.24, 2.45) is 0 Å². The van der Waals surface area contributed by atoms with Crippen LogP contribution in [0.2, 0.25) is 0 Å². The van der Waals surface area contributed by atoms with Crippen LogP contribution < -0.4 is 0 Å². The van der Waals surface area contributed by atoms with Crippen molar-refractivity contribution >= 4 is 17.4 Å². The number of carboxylic acids is 1. The summed E-state index contributed by atoms with van der Waals surface area (Å²) in [6.07, 6.45) is -0.564. The van der Waals surface area contributed by atoms with Gasteiger partial charge >= 0.3 is 5.97 Å². The van der Waals surface area contributed by atoms with E-state index in [4.69, 9.17) is 5.11 Å². The summed E-state index contributed by atoms with van der Waals surface area (Å²) in [6.45, 7) is 0. The van der Waals surface area contributed by atoms with Crippen LogP contribution in [0.25, 0.3) is 0 Å². The molecule has 84 valence electrons. The van der Waals surface area contributed by atoms with E-state index in [1.165, 1.54) is 24.3 Å². The Morgan fingerprint density at radius 2 is 1.88 bits per heavy atom. The first-order valence-electron chi connectivity index (χ1n) is 4.51. The van der Waals surface area contributed by atoms with Gasteiger partial charge in [-0.15, -0.1) is 0 Å². The lowest BCUT2D eigenvalue weighted by Crippen LogP contribution is -2.06. The molecule has 6 nitrogen and oxygen atoms in total. The van der Waals surface area contributed by atoms with Crippen LogP contribution in [-0.4, -0.2) is 21.8 Å². The zero-order valence-corrected chi connectivity index (χ0v) is 8.25. The maximum absolute atomic E-state index is 11.5. The van der Waals surface area contributed by atoms with Gasteiger partial charge in [-0.25, -0.2) is 0 Å². The largest absolute Gasteiger partial charge is 0.481 e. The standard InChI is InChI=1S/C10H9NO5/c12-9(5-6-10(13)14)7-3-1-2-4-8(7)11(15)16/h1-4H,5-6H2,(H,13,14). The fourth-order valence-corrected chi connectivity index (χ4v) is 1.22. The van der Waals surface area contributed by atoms with Gasteiger partial charge in [-0.3, -0.25) is 19.7 Å². The molecular weight excluding hydrogens is 214 g/mol. The molecule has 0 aliphatic carbocycles. The highest BCUT2D eigenvalue weighted by molar-refractivity contribution is 6.00. The second kappa shape index (κ2) is 5.01. The predicted molar refractivity (Wildman–Crippen MR) is 54.3 cm³/mol. The molecule has 0 heterocycles. The van der Waals surface area contributed by atoms with Crippen molar-refractivity contribution in [3.05, 3.63) is 39.9 Å². The Morgan fingerprint density at radius 1 is 1.25 bits per heavy atom. The van der Waals surface area contributed by atoms with E-state index in [9.17, 15) is 19.7 Å². The van der Waals surface area contributed by atoms with Crippen LogP contribution in [0.15, 0.2) is 24.3 Å². The van der Waals surface area contributed by atoms with Gasteiger partial charge in [0.1, 0.15) is 0 Å². The smallest absolute Gasteiger partial charge is 0.303 e. The number of carbonyl (C=O) groups excluding carboxylic acids is 1. The third-order valence-electron chi connectivity index (χ3n) is 1.97. The summed E-state index contributed by atoms with van der Waals surface area (Å²) in [7, 11) is 0. The highest BCUT2D eigenvalue weighted by Gasteiger charge is 2.19. The average molecular weight is 223 g/mol. The topological polar surface area (TPSA) is 97.5 Å². The van der Waals surface area contributed by atoms with Crippen LogP contribution in [0.4, 0.5) is 5.69 Å². The van der Waals surface area contributed by atoms with E-state index >= 15 is 0 Å². The number of aliphatic carboxylic acids is 1. The summed E-state index contributed by atoms with van der Waals surface area (Å²) in [5.41, 5.74) is -0.341. The first-order chi connectivity index (χ1) is 7.52. The second-order valence-electron chi connectivity index (χ2n) is 3.09. The van der Waals surface area contributed by atoms with Crippen LogP contribution in [-0.2, 0) is 4.79 Å². The third kappa shape index (κ3) is 2.88. The van der Waals surface area contributed by atoms with E-state index in [-0.39, 0.29) is 24.1 Å². The molecule has 6 heteroatoms. The van der Waals surface area contributed by atoms with Crippen LogP contribution >= 0.6 is 0 Å². The molecule has 16 heavy (non-hydrogen) atoms. The summed E-state index contributed by atoms with van der Waals surface area (Å²) in [6, 6.07) is 5.49. The summed E-state index contributed by atoms with van der Waals surface area (Å²) in [5.74, 6) is -1.64. The minimum Gasteiger partial charge on any atom is -0.481 e. The minimum atomic E-state index is -1.10. The summed E-state index contributed by atoms with van der Waals surface area (Å²) < 4.78 is 0. The number of rotatable bonds is 5. The molecule has 0 bridgehead atoms. The van der Waals surface area contributed by atoms with Crippen molar-refractivity contribution in [2.75, 3.05) is 0 Å². The summed E-state index contributed by atoms with van der Waals surface area (Å²) >= 11 is 0. The number of nitro benzene ring substituents is 1. The van der Waals surface area contributed by atoms with Gasteiger partial charge in [0.05, 0.1) is 16.9 Å². The molecule has 1 aromatic carbocycles.